The topological polar surface area (TPSA) is 63.3 Å². The van der Waals surface area contributed by atoms with Crippen LogP contribution in [0.15, 0.2) is 53.1 Å². The Kier molecular flexibility index (Phi) is 5.01. The number of rotatable bonds is 5. The molecule has 1 aliphatic heterocycles. The van der Waals surface area contributed by atoms with Gasteiger partial charge in [-0.1, -0.05) is 17.7 Å². The Hall–Kier alpha value is -2.57. The maximum absolute atomic E-state index is 13.0. The molecule has 1 atom stereocenters. The van der Waals surface area contributed by atoms with Crippen molar-refractivity contribution in [2.75, 3.05) is 26.7 Å². The Balaban J connectivity index is 1.68. The minimum atomic E-state index is -0.0535. The van der Waals surface area contributed by atoms with Crippen molar-refractivity contribution in [1.29, 1.82) is 0 Å². The molecule has 1 aromatic carbocycles. The van der Waals surface area contributed by atoms with E-state index in [1.165, 1.54) is 0 Å². The lowest BCUT2D eigenvalue weighted by molar-refractivity contribution is 0.0781. The summed E-state index contributed by atoms with van der Waals surface area (Å²) in [6.45, 7) is 2.42. The minimum absolute atomic E-state index is 0.0535. The first kappa shape index (κ1) is 17.8. The van der Waals surface area contributed by atoms with Crippen molar-refractivity contribution in [3.05, 3.63) is 59.4 Å². The maximum Gasteiger partial charge on any atom is 0.274 e. The van der Waals surface area contributed by atoms with Gasteiger partial charge in [-0.15, -0.1) is 0 Å². The lowest BCUT2D eigenvalue weighted by Gasteiger charge is -2.15. The second-order valence-corrected chi connectivity index (χ2v) is 7.18. The zero-order chi connectivity index (χ0) is 18.8. The number of furan rings is 1. The van der Waals surface area contributed by atoms with Gasteiger partial charge < -0.3 is 14.6 Å². The van der Waals surface area contributed by atoms with Crippen molar-refractivity contribution in [3.8, 4) is 17.1 Å². The van der Waals surface area contributed by atoms with Gasteiger partial charge in [0, 0.05) is 24.2 Å². The normalized spacial score (nSPS) is 16.8. The van der Waals surface area contributed by atoms with Crippen molar-refractivity contribution >= 4 is 17.5 Å². The van der Waals surface area contributed by atoms with Crippen LogP contribution in [0.2, 0.25) is 5.02 Å². The van der Waals surface area contributed by atoms with E-state index in [9.17, 15) is 4.79 Å². The van der Waals surface area contributed by atoms with E-state index in [4.69, 9.17) is 16.0 Å². The average molecular weight is 385 g/mol. The van der Waals surface area contributed by atoms with Gasteiger partial charge in [0.15, 0.2) is 11.5 Å². The molecule has 1 N–H and O–H groups in total. The summed E-state index contributed by atoms with van der Waals surface area (Å²) in [5.41, 5.74) is 1.91. The van der Waals surface area contributed by atoms with Gasteiger partial charge in [-0.05, 0) is 56.3 Å². The fourth-order valence-electron chi connectivity index (χ4n) is 3.52. The number of nitrogens with one attached hydrogen (secondary N) is 1. The number of amides is 1. The highest BCUT2D eigenvalue weighted by atomic mass is 35.5. The van der Waals surface area contributed by atoms with Gasteiger partial charge in [0.2, 0.25) is 0 Å². The van der Waals surface area contributed by atoms with Crippen LogP contribution in [0.3, 0.4) is 0 Å². The van der Waals surface area contributed by atoms with E-state index in [2.05, 4.69) is 10.4 Å². The summed E-state index contributed by atoms with van der Waals surface area (Å²) < 4.78 is 7.26. The molecule has 7 heteroatoms. The molecule has 3 heterocycles. The van der Waals surface area contributed by atoms with Crippen molar-refractivity contribution in [3.63, 3.8) is 0 Å². The third-order valence-corrected chi connectivity index (χ3v) is 5.06. The van der Waals surface area contributed by atoms with Gasteiger partial charge in [-0.2, -0.15) is 5.10 Å². The smallest absolute Gasteiger partial charge is 0.274 e. The molecule has 0 bridgehead atoms. The Morgan fingerprint density at radius 2 is 2.22 bits per heavy atom. The number of nitrogens with zero attached hydrogens (tertiary/aromatic N) is 3. The van der Waals surface area contributed by atoms with Crippen molar-refractivity contribution in [1.82, 2.24) is 20.0 Å². The molecule has 140 valence electrons. The quantitative estimate of drug-likeness (QED) is 0.731. The molecule has 1 saturated heterocycles. The molecule has 3 aromatic rings. The Bertz CT molecular complexity index is 935. The van der Waals surface area contributed by atoms with Gasteiger partial charge in [-0.3, -0.25) is 4.79 Å². The van der Waals surface area contributed by atoms with Crippen molar-refractivity contribution < 1.29 is 9.21 Å². The average Bonchev–Trinajstić information content (AvgIpc) is 3.41. The molecular formula is C20H21ClN4O2. The molecule has 1 unspecified atom stereocenters. The summed E-state index contributed by atoms with van der Waals surface area (Å²) in [6.07, 6.45) is 2.61. The van der Waals surface area contributed by atoms with Crippen LogP contribution >= 0.6 is 11.6 Å². The zero-order valence-corrected chi connectivity index (χ0v) is 15.8. The van der Waals surface area contributed by atoms with Crippen LogP contribution in [0.5, 0.6) is 0 Å². The first-order chi connectivity index (χ1) is 13.2. The third kappa shape index (κ3) is 3.63. The number of benzene rings is 1. The molecular weight excluding hydrogens is 364 g/mol. The van der Waals surface area contributed by atoms with E-state index in [0.717, 1.165) is 37.4 Å². The van der Waals surface area contributed by atoms with E-state index in [-0.39, 0.29) is 5.91 Å². The monoisotopic (exact) mass is 384 g/mol. The summed E-state index contributed by atoms with van der Waals surface area (Å²) in [6, 6.07) is 12.8. The third-order valence-electron chi connectivity index (χ3n) is 4.82. The summed E-state index contributed by atoms with van der Waals surface area (Å²) in [7, 11) is 1.94. The highest BCUT2D eigenvalue weighted by molar-refractivity contribution is 6.30. The van der Waals surface area contributed by atoms with Crippen LogP contribution < -0.4 is 5.32 Å². The predicted octanol–water partition coefficient (Wildman–Crippen LogP) is 3.47. The Morgan fingerprint density at radius 1 is 1.33 bits per heavy atom. The van der Waals surface area contributed by atoms with E-state index in [0.29, 0.717) is 22.4 Å². The van der Waals surface area contributed by atoms with Crippen LogP contribution in [0, 0.1) is 5.92 Å². The molecule has 6 nitrogen and oxygen atoms in total. The number of hydrogen-bond donors (Lipinski definition) is 1. The lowest BCUT2D eigenvalue weighted by Crippen LogP contribution is -2.30. The number of carbonyl (C=O) groups is 1. The molecule has 27 heavy (non-hydrogen) atoms. The summed E-state index contributed by atoms with van der Waals surface area (Å²) in [5.74, 6) is 1.08. The van der Waals surface area contributed by atoms with Gasteiger partial charge in [0.1, 0.15) is 5.69 Å². The number of likely N-dealkylation sites (tertiary alicyclic amines) is 1. The van der Waals surface area contributed by atoms with Crippen LogP contribution in [0.1, 0.15) is 16.9 Å². The molecule has 1 amide bonds. The van der Waals surface area contributed by atoms with Gasteiger partial charge in [0.05, 0.1) is 12.0 Å². The molecule has 0 saturated carbocycles. The van der Waals surface area contributed by atoms with Crippen LogP contribution in [0.4, 0.5) is 0 Å². The number of carbonyl (C=O) groups excluding carboxylic acids is 1. The summed E-state index contributed by atoms with van der Waals surface area (Å²) in [5, 5.41) is 8.38. The fraction of sp³-hybridized carbons (Fsp3) is 0.300. The Labute approximate surface area is 162 Å². The molecule has 1 aliphatic rings. The second-order valence-electron chi connectivity index (χ2n) is 6.75. The maximum atomic E-state index is 13.0. The van der Waals surface area contributed by atoms with Gasteiger partial charge in [0.25, 0.3) is 5.91 Å². The molecule has 2 aromatic heterocycles. The highest BCUT2D eigenvalue weighted by Crippen LogP contribution is 2.27. The van der Waals surface area contributed by atoms with Gasteiger partial charge >= 0.3 is 0 Å². The number of aromatic nitrogens is 2. The van der Waals surface area contributed by atoms with Crippen LogP contribution in [-0.4, -0.2) is 47.3 Å². The largest absolute Gasteiger partial charge is 0.463 e. The fourth-order valence-corrected chi connectivity index (χ4v) is 3.71. The summed E-state index contributed by atoms with van der Waals surface area (Å²) in [4.78, 5) is 14.9. The molecule has 0 radical (unpaired) electrons. The lowest BCUT2D eigenvalue weighted by atomic mass is 10.1. The highest BCUT2D eigenvalue weighted by Gasteiger charge is 2.29. The zero-order valence-electron chi connectivity index (χ0n) is 15.1. The first-order valence-corrected chi connectivity index (χ1v) is 9.37. The summed E-state index contributed by atoms with van der Waals surface area (Å²) >= 11 is 6.15. The van der Waals surface area contributed by atoms with E-state index < -0.39 is 0 Å². The van der Waals surface area contributed by atoms with Crippen LogP contribution in [0.25, 0.3) is 17.1 Å². The van der Waals surface area contributed by atoms with Crippen LogP contribution in [-0.2, 0) is 0 Å². The number of halogens is 1. The van der Waals surface area contributed by atoms with Crippen molar-refractivity contribution in [2.24, 2.45) is 5.92 Å². The van der Waals surface area contributed by atoms with E-state index in [1.54, 1.807) is 23.1 Å². The number of hydrogen-bond acceptors (Lipinski definition) is 4. The Morgan fingerprint density at radius 3 is 2.96 bits per heavy atom. The van der Waals surface area contributed by atoms with E-state index in [1.807, 2.05) is 42.3 Å². The molecule has 0 aliphatic carbocycles. The second kappa shape index (κ2) is 7.58. The standard InChI is InChI=1S/C20H21ClN4O2/c1-22-12-14-7-8-24(13-14)20(26)17-11-18(19-6-3-9-27-19)25(23-17)16-5-2-4-15(21)10-16/h2-6,9-11,14,22H,7-8,12-13H2,1H3. The molecule has 1 fully saturated rings. The SMILES string of the molecule is CNCC1CCN(C(=O)c2cc(-c3ccco3)n(-c3cccc(Cl)c3)n2)C1. The van der Waals surface area contributed by atoms with Gasteiger partial charge in [-0.25, -0.2) is 4.68 Å². The van der Waals surface area contributed by atoms with Crippen molar-refractivity contribution in [2.45, 2.75) is 6.42 Å². The predicted molar refractivity (Wildman–Crippen MR) is 104 cm³/mol. The molecule has 0 spiro atoms. The minimum Gasteiger partial charge on any atom is -0.463 e. The molecule has 4 rings (SSSR count). The van der Waals surface area contributed by atoms with E-state index >= 15 is 0 Å². The first-order valence-electron chi connectivity index (χ1n) is 8.99.